The molecule has 1 fully saturated rings. The van der Waals surface area contributed by atoms with Gasteiger partial charge in [0.1, 0.15) is 0 Å². The van der Waals surface area contributed by atoms with E-state index in [-0.39, 0.29) is 30.6 Å². The van der Waals surface area contributed by atoms with E-state index in [1.807, 2.05) is 0 Å². The van der Waals surface area contributed by atoms with Crippen LogP contribution >= 0.6 is 0 Å². The standard InChI is InChI=1S/C14H16N2O4S/c15-7-11-3-1-2-4-12(11)8-16(9-14(17)18)13-5-6-21(19,20)10-13/h1-4,13H,5-6,8-10H2,(H,17,18). The Labute approximate surface area is 123 Å². The van der Waals surface area contributed by atoms with Crippen LogP contribution in [0.3, 0.4) is 0 Å². The first-order valence-corrected chi connectivity index (χ1v) is 8.37. The van der Waals surface area contributed by atoms with E-state index >= 15 is 0 Å². The summed E-state index contributed by atoms with van der Waals surface area (Å²) in [6.45, 7) is 0.0240. The summed E-state index contributed by atoms with van der Waals surface area (Å²) in [6, 6.07) is 8.71. The molecule has 1 aromatic carbocycles. The van der Waals surface area contributed by atoms with Crippen molar-refractivity contribution in [3.05, 3.63) is 35.4 Å². The van der Waals surface area contributed by atoms with Gasteiger partial charge in [0.25, 0.3) is 0 Å². The number of aliphatic carboxylic acids is 1. The molecule has 0 amide bonds. The molecule has 1 aliphatic heterocycles. The molecule has 112 valence electrons. The van der Waals surface area contributed by atoms with Crippen LogP contribution < -0.4 is 0 Å². The number of carboxylic acid groups (broad SMARTS) is 1. The molecule has 1 unspecified atom stereocenters. The van der Waals surface area contributed by atoms with Crippen LogP contribution in [0.4, 0.5) is 0 Å². The van der Waals surface area contributed by atoms with Gasteiger partial charge in [-0.2, -0.15) is 5.26 Å². The topological polar surface area (TPSA) is 98.5 Å². The quantitative estimate of drug-likeness (QED) is 0.856. The molecular formula is C14H16N2O4S. The van der Waals surface area contributed by atoms with Gasteiger partial charge >= 0.3 is 5.97 Å². The second kappa shape index (κ2) is 6.24. The summed E-state index contributed by atoms with van der Waals surface area (Å²) in [5, 5.41) is 18.1. The summed E-state index contributed by atoms with van der Waals surface area (Å²) in [7, 11) is -3.08. The van der Waals surface area contributed by atoms with E-state index in [1.54, 1.807) is 29.2 Å². The molecule has 1 aromatic rings. The van der Waals surface area contributed by atoms with E-state index in [9.17, 15) is 13.2 Å². The Morgan fingerprint density at radius 1 is 1.43 bits per heavy atom. The Morgan fingerprint density at radius 2 is 2.14 bits per heavy atom. The molecule has 0 spiro atoms. The number of sulfone groups is 1. The van der Waals surface area contributed by atoms with Gasteiger partial charge in [0.15, 0.2) is 9.84 Å². The first-order valence-electron chi connectivity index (χ1n) is 6.55. The van der Waals surface area contributed by atoms with E-state index in [1.165, 1.54) is 0 Å². The molecule has 1 saturated heterocycles. The summed E-state index contributed by atoms with van der Waals surface area (Å²) >= 11 is 0. The Morgan fingerprint density at radius 3 is 2.71 bits per heavy atom. The van der Waals surface area contributed by atoms with Crippen LogP contribution in [0.15, 0.2) is 24.3 Å². The van der Waals surface area contributed by atoms with Crippen molar-refractivity contribution < 1.29 is 18.3 Å². The van der Waals surface area contributed by atoms with E-state index in [0.29, 0.717) is 17.5 Å². The summed E-state index contributed by atoms with van der Waals surface area (Å²) in [6.07, 6.45) is 0.435. The average molecular weight is 308 g/mol. The molecule has 2 rings (SSSR count). The molecule has 0 saturated carbocycles. The van der Waals surface area contributed by atoms with Gasteiger partial charge in [0, 0.05) is 12.6 Å². The molecule has 1 aliphatic rings. The number of rotatable bonds is 5. The maximum absolute atomic E-state index is 11.6. The molecule has 21 heavy (non-hydrogen) atoms. The Kier molecular flexibility index (Phi) is 4.60. The van der Waals surface area contributed by atoms with Crippen LogP contribution in [0, 0.1) is 11.3 Å². The van der Waals surface area contributed by atoms with E-state index in [0.717, 1.165) is 0 Å². The van der Waals surface area contributed by atoms with Crippen molar-refractivity contribution in [2.75, 3.05) is 18.1 Å². The van der Waals surface area contributed by atoms with Crippen molar-refractivity contribution >= 4 is 15.8 Å². The highest BCUT2D eigenvalue weighted by atomic mass is 32.2. The zero-order valence-electron chi connectivity index (χ0n) is 11.4. The van der Waals surface area contributed by atoms with Crippen LogP contribution in [0.5, 0.6) is 0 Å². The Bertz CT molecular complexity index is 678. The predicted molar refractivity (Wildman–Crippen MR) is 76.3 cm³/mol. The number of nitrogens with zero attached hydrogens (tertiary/aromatic N) is 2. The van der Waals surface area contributed by atoms with Gasteiger partial charge in [0.2, 0.25) is 0 Å². The first-order chi connectivity index (χ1) is 9.91. The average Bonchev–Trinajstić information content (AvgIpc) is 2.78. The monoisotopic (exact) mass is 308 g/mol. The molecule has 6 nitrogen and oxygen atoms in total. The van der Waals surface area contributed by atoms with Gasteiger partial charge < -0.3 is 5.11 Å². The smallest absolute Gasteiger partial charge is 0.317 e. The molecule has 7 heteroatoms. The maximum atomic E-state index is 11.6. The fraction of sp³-hybridized carbons (Fsp3) is 0.429. The van der Waals surface area contributed by atoms with Crippen molar-refractivity contribution in [2.24, 2.45) is 0 Å². The minimum Gasteiger partial charge on any atom is -0.480 e. The largest absolute Gasteiger partial charge is 0.480 e. The second-order valence-electron chi connectivity index (χ2n) is 5.12. The van der Waals surface area contributed by atoms with Crippen molar-refractivity contribution in [1.82, 2.24) is 4.90 Å². The number of hydrogen-bond acceptors (Lipinski definition) is 5. The Hall–Kier alpha value is -1.91. The van der Waals surface area contributed by atoms with E-state index < -0.39 is 15.8 Å². The summed E-state index contributed by atoms with van der Waals surface area (Å²) < 4.78 is 23.2. The zero-order chi connectivity index (χ0) is 15.5. The first kappa shape index (κ1) is 15.5. The highest BCUT2D eigenvalue weighted by Crippen LogP contribution is 2.21. The molecule has 0 radical (unpaired) electrons. The minimum atomic E-state index is -3.08. The van der Waals surface area contributed by atoms with E-state index in [4.69, 9.17) is 10.4 Å². The van der Waals surface area contributed by atoms with Gasteiger partial charge in [-0.1, -0.05) is 18.2 Å². The molecule has 1 heterocycles. The fourth-order valence-corrected chi connectivity index (χ4v) is 4.30. The third-order valence-electron chi connectivity index (χ3n) is 3.57. The highest BCUT2D eigenvalue weighted by molar-refractivity contribution is 7.91. The van der Waals surface area contributed by atoms with Gasteiger partial charge in [-0.15, -0.1) is 0 Å². The van der Waals surface area contributed by atoms with Gasteiger partial charge in [0.05, 0.1) is 29.7 Å². The SMILES string of the molecule is N#Cc1ccccc1CN(CC(=O)O)C1CCS(=O)(=O)C1. The van der Waals surface area contributed by atoms with Crippen LogP contribution in [0.1, 0.15) is 17.5 Å². The molecule has 0 aromatic heterocycles. The van der Waals surface area contributed by atoms with Crippen LogP contribution in [-0.2, 0) is 21.2 Å². The van der Waals surface area contributed by atoms with Gasteiger partial charge in [-0.3, -0.25) is 9.69 Å². The van der Waals surface area contributed by atoms with Crippen molar-refractivity contribution in [3.8, 4) is 6.07 Å². The minimum absolute atomic E-state index is 0.0188. The lowest BCUT2D eigenvalue weighted by Crippen LogP contribution is -2.39. The number of carboxylic acids is 1. The zero-order valence-corrected chi connectivity index (χ0v) is 12.2. The van der Waals surface area contributed by atoms with E-state index in [2.05, 4.69) is 6.07 Å². The lowest BCUT2D eigenvalue weighted by molar-refractivity contribution is -0.139. The van der Waals surface area contributed by atoms with Gasteiger partial charge in [-0.25, -0.2) is 8.42 Å². The van der Waals surface area contributed by atoms with Crippen LogP contribution in [0.2, 0.25) is 0 Å². The summed E-state index contributed by atoms with van der Waals surface area (Å²) in [5.41, 5.74) is 1.19. The Balaban J connectivity index is 2.21. The second-order valence-corrected chi connectivity index (χ2v) is 7.35. The van der Waals surface area contributed by atoms with Gasteiger partial charge in [-0.05, 0) is 18.1 Å². The summed E-state index contributed by atoms with van der Waals surface area (Å²) in [4.78, 5) is 12.6. The lowest BCUT2D eigenvalue weighted by Gasteiger charge is -2.26. The molecule has 0 aliphatic carbocycles. The number of nitriles is 1. The highest BCUT2D eigenvalue weighted by Gasteiger charge is 2.33. The van der Waals surface area contributed by atoms with Crippen LogP contribution in [-0.4, -0.2) is 48.5 Å². The van der Waals surface area contributed by atoms with Crippen molar-refractivity contribution in [2.45, 2.75) is 19.0 Å². The van der Waals surface area contributed by atoms with Crippen LogP contribution in [0.25, 0.3) is 0 Å². The predicted octanol–water partition coefficient (Wildman–Crippen LogP) is 0.632. The summed E-state index contributed by atoms with van der Waals surface area (Å²) in [5.74, 6) is -0.934. The lowest BCUT2D eigenvalue weighted by atomic mass is 10.1. The molecule has 1 atom stereocenters. The maximum Gasteiger partial charge on any atom is 0.317 e. The normalized spacial score (nSPS) is 20.3. The number of hydrogen-bond donors (Lipinski definition) is 1. The number of carbonyl (C=O) groups is 1. The third-order valence-corrected chi connectivity index (χ3v) is 5.32. The molecular weight excluding hydrogens is 292 g/mol. The number of benzene rings is 1. The fourth-order valence-electron chi connectivity index (χ4n) is 2.54. The van der Waals surface area contributed by atoms with Crippen molar-refractivity contribution in [3.63, 3.8) is 0 Å². The van der Waals surface area contributed by atoms with Crippen molar-refractivity contribution in [1.29, 1.82) is 5.26 Å². The molecule has 0 bridgehead atoms. The molecule has 1 N–H and O–H groups in total. The third kappa shape index (κ3) is 4.03.